The van der Waals surface area contributed by atoms with Crippen molar-refractivity contribution >= 4 is 11.6 Å². The summed E-state index contributed by atoms with van der Waals surface area (Å²) < 4.78 is 0. The Hall–Kier alpha value is -1.32. The van der Waals surface area contributed by atoms with E-state index in [1.807, 2.05) is 6.07 Å². The topological polar surface area (TPSA) is 49.8 Å². The zero-order valence-electron chi connectivity index (χ0n) is 12.4. The maximum Gasteiger partial charge on any atom is 0.136 e. The minimum absolute atomic E-state index is 0.590. The van der Waals surface area contributed by atoms with Crippen LogP contribution in [-0.2, 0) is 0 Å². The Morgan fingerprint density at radius 1 is 1.11 bits per heavy atom. The van der Waals surface area contributed by atoms with Gasteiger partial charge >= 0.3 is 0 Å². The van der Waals surface area contributed by atoms with Crippen molar-refractivity contribution in [2.45, 2.75) is 52.4 Å². The molecule has 1 fully saturated rings. The SMILES string of the molecule is CCNc1cc(NCC(CC)CC)nc(C2CC2)n1. The molecule has 0 saturated heterocycles. The highest BCUT2D eigenvalue weighted by Crippen LogP contribution is 2.38. The molecule has 0 radical (unpaired) electrons. The summed E-state index contributed by atoms with van der Waals surface area (Å²) in [6, 6.07) is 2.03. The van der Waals surface area contributed by atoms with Crippen LogP contribution >= 0.6 is 0 Å². The highest BCUT2D eigenvalue weighted by Gasteiger charge is 2.27. The number of rotatable bonds is 8. The molecule has 1 aliphatic rings. The second kappa shape index (κ2) is 6.73. The van der Waals surface area contributed by atoms with Crippen molar-refractivity contribution in [3.8, 4) is 0 Å². The molecule has 2 rings (SSSR count). The largest absolute Gasteiger partial charge is 0.370 e. The van der Waals surface area contributed by atoms with E-state index in [1.54, 1.807) is 0 Å². The molecule has 4 heteroatoms. The Balaban J connectivity index is 2.05. The number of hydrogen-bond donors (Lipinski definition) is 2. The molecule has 0 atom stereocenters. The molecule has 0 aromatic carbocycles. The van der Waals surface area contributed by atoms with Crippen molar-refractivity contribution in [1.82, 2.24) is 9.97 Å². The fourth-order valence-corrected chi connectivity index (χ4v) is 2.18. The molecule has 1 aromatic rings. The van der Waals surface area contributed by atoms with Crippen LogP contribution in [0.15, 0.2) is 6.07 Å². The van der Waals surface area contributed by atoms with Crippen molar-refractivity contribution in [3.05, 3.63) is 11.9 Å². The van der Waals surface area contributed by atoms with Crippen LogP contribution in [0.25, 0.3) is 0 Å². The molecule has 4 nitrogen and oxygen atoms in total. The van der Waals surface area contributed by atoms with Gasteiger partial charge in [-0.25, -0.2) is 9.97 Å². The molecule has 0 aliphatic heterocycles. The molecule has 0 bridgehead atoms. The quantitative estimate of drug-likeness (QED) is 0.751. The fraction of sp³-hybridized carbons (Fsp3) is 0.733. The fourth-order valence-electron chi connectivity index (χ4n) is 2.18. The molecule has 1 saturated carbocycles. The van der Waals surface area contributed by atoms with Gasteiger partial charge in [0.15, 0.2) is 0 Å². The second-order valence-electron chi connectivity index (χ2n) is 5.36. The van der Waals surface area contributed by atoms with Gasteiger partial charge in [-0.15, -0.1) is 0 Å². The van der Waals surface area contributed by atoms with Gasteiger partial charge in [0.25, 0.3) is 0 Å². The summed E-state index contributed by atoms with van der Waals surface area (Å²) in [6.45, 7) is 8.48. The third-order valence-electron chi connectivity index (χ3n) is 3.77. The number of aromatic nitrogens is 2. The van der Waals surface area contributed by atoms with Crippen molar-refractivity contribution in [1.29, 1.82) is 0 Å². The molecular formula is C15H26N4. The zero-order chi connectivity index (χ0) is 13.7. The van der Waals surface area contributed by atoms with Crippen molar-refractivity contribution in [2.24, 2.45) is 5.92 Å². The van der Waals surface area contributed by atoms with E-state index >= 15 is 0 Å². The summed E-state index contributed by atoms with van der Waals surface area (Å²) in [4.78, 5) is 9.25. The van der Waals surface area contributed by atoms with Crippen LogP contribution in [0.3, 0.4) is 0 Å². The third-order valence-corrected chi connectivity index (χ3v) is 3.77. The van der Waals surface area contributed by atoms with Gasteiger partial charge in [0.1, 0.15) is 17.5 Å². The minimum Gasteiger partial charge on any atom is -0.370 e. The van der Waals surface area contributed by atoms with Gasteiger partial charge in [0, 0.05) is 25.1 Å². The lowest BCUT2D eigenvalue weighted by Gasteiger charge is -2.15. The number of nitrogens with zero attached hydrogens (tertiary/aromatic N) is 2. The summed E-state index contributed by atoms with van der Waals surface area (Å²) in [6.07, 6.45) is 4.90. The average Bonchev–Trinajstić information content (AvgIpc) is 3.24. The minimum atomic E-state index is 0.590. The van der Waals surface area contributed by atoms with Crippen LogP contribution in [-0.4, -0.2) is 23.1 Å². The molecule has 19 heavy (non-hydrogen) atoms. The van der Waals surface area contributed by atoms with E-state index in [9.17, 15) is 0 Å². The predicted molar refractivity (Wildman–Crippen MR) is 80.7 cm³/mol. The zero-order valence-corrected chi connectivity index (χ0v) is 12.4. The van der Waals surface area contributed by atoms with Crippen molar-refractivity contribution in [3.63, 3.8) is 0 Å². The highest BCUT2D eigenvalue weighted by molar-refractivity contribution is 5.48. The van der Waals surface area contributed by atoms with Gasteiger partial charge in [-0.3, -0.25) is 0 Å². The lowest BCUT2D eigenvalue weighted by Crippen LogP contribution is -2.15. The maximum atomic E-state index is 4.66. The molecule has 0 unspecified atom stereocenters. The Morgan fingerprint density at radius 3 is 2.26 bits per heavy atom. The van der Waals surface area contributed by atoms with E-state index in [-0.39, 0.29) is 0 Å². The Labute approximate surface area is 116 Å². The predicted octanol–water partition coefficient (Wildman–Crippen LogP) is 3.63. The Morgan fingerprint density at radius 2 is 1.74 bits per heavy atom. The van der Waals surface area contributed by atoms with Gasteiger partial charge in [0.2, 0.25) is 0 Å². The molecule has 0 amide bonds. The highest BCUT2D eigenvalue weighted by atomic mass is 15.1. The van der Waals surface area contributed by atoms with Crippen LogP contribution in [0.4, 0.5) is 11.6 Å². The van der Waals surface area contributed by atoms with Gasteiger partial charge in [-0.05, 0) is 25.7 Å². The third kappa shape index (κ3) is 4.08. The molecule has 1 aromatic heterocycles. The van der Waals surface area contributed by atoms with E-state index in [2.05, 4.69) is 41.4 Å². The lowest BCUT2D eigenvalue weighted by molar-refractivity contribution is 0.518. The first-order valence-electron chi connectivity index (χ1n) is 7.63. The Kier molecular flexibility index (Phi) is 5.00. The maximum absolute atomic E-state index is 4.66. The summed E-state index contributed by atoms with van der Waals surface area (Å²) in [5, 5.41) is 6.77. The number of anilines is 2. The summed E-state index contributed by atoms with van der Waals surface area (Å²) >= 11 is 0. The second-order valence-corrected chi connectivity index (χ2v) is 5.36. The number of hydrogen-bond acceptors (Lipinski definition) is 4. The smallest absolute Gasteiger partial charge is 0.136 e. The first-order chi connectivity index (χ1) is 9.26. The van der Waals surface area contributed by atoms with E-state index < -0.39 is 0 Å². The molecule has 106 valence electrons. The van der Waals surface area contributed by atoms with E-state index in [0.29, 0.717) is 5.92 Å². The van der Waals surface area contributed by atoms with E-state index in [4.69, 9.17) is 0 Å². The van der Waals surface area contributed by atoms with Gasteiger partial charge in [-0.2, -0.15) is 0 Å². The van der Waals surface area contributed by atoms with Crippen molar-refractivity contribution in [2.75, 3.05) is 23.7 Å². The first-order valence-corrected chi connectivity index (χ1v) is 7.63. The van der Waals surface area contributed by atoms with Crippen molar-refractivity contribution < 1.29 is 0 Å². The Bertz CT molecular complexity index is 397. The van der Waals surface area contributed by atoms with Crippen LogP contribution in [0.1, 0.15) is 58.2 Å². The van der Waals surface area contributed by atoms with Crippen LogP contribution in [0.5, 0.6) is 0 Å². The van der Waals surface area contributed by atoms with Crippen LogP contribution in [0.2, 0.25) is 0 Å². The summed E-state index contributed by atoms with van der Waals surface area (Å²) in [7, 11) is 0. The molecular weight excluding hydrogens is 236 g/mol. The normalized spacial score (nSPS) is 14.7. The monoisotopic (exact) mass is 262 g/mol. The van der Waals surface area contributed by atoms with E-state index in [1.165, 1.54) is 25.7 Å². The number of nitrogens with one attached hydrogen (secondary N) is 2. The van der Waals surface area contributed by atoms with Gasteiger partial charge < -0.3 is 10.6 Å². The van der Waals surface area contributed by atoms with E-state index in [0.717, 1.165) is 36.5 Å². The first kappa shape index (κ1) is 14.1. The standard InChI is InChI=1S/C15H26N4/c1-4-11(5-2)10-17-14-9-13(16-6-3)18-15(19-14)12-7-8-12/h9,11-12H,4-8,10H2,1-3H3,(H2,16,17,18,19). The molecule has 1 heterocycles. The van der Waals surface area contributed by atoms with Gasteiger partial charge in [0.05, 0.1) is 0 Å². The molecule has 2 N–H and O–H groups in total. The average molecular weight is 262 g/mol. The summed E-state index contributed by atoms with van der Waals surface area (Å²) in [5.41, 5.74) is 0. The summed E-state index contributed by atoms with van der Waals surface area (Å²) in [5.74, 6) is 4.24. The van der Waals surface area contributed by atoms with Crippen LogP contribution in [0, 0.1) is 5.92 Å². The lowest BCUT2D eigenvalue weighted by atomic mass is 10.0. The molecule has 1 aliphatic carbocycles. The van der Waals surface area contributed by atoms with Crippen LogP contribution < -0.4 is 10.6 Å². The van der Waals surface area contributed by atoms with Gasteiger partial charge in [-0.1, -0.05) is 26.7 Å². The molecule has 0 spiro atoms.